The van der Waals surface area contributed by atoms with Crippen molar-refractivity contribution in [3.8, 4) is 0 Å². The van der Waals surface area contributed by atoms with Gasteiger partial charge in [0.05, 0.1) is 19.3 Å². The first-order chi connectivity index (χ1) is 5.72. The largest absolute Gasteiger partial charge is 0.487 e. The second kappa shape index (κ2) is 4.77. The van der Waals surface area contributed by atoms with Crippen LogP contribution >= 0.6 is 12.2 Å². The van der Waals surface area contributed by atoms with E-state index in [4.69, 9.17) is 21.7 Å². The maximum Gasteiger partial charge on any atom is 0.159 e. The lowest BCUT2D eigenvalue weighted by atomic mass is 10.1. The van der Waals surface area contributed by atoms with E-state index in [0.717, 1.165) is 31.1 Å². The Bertz CT molecular complexity index is 159. The predicted molar refractivity (Wildman–Crippen MR) is 52.4 cm³/mol. The van der Waals surface area contributed by atoms with Crippen LogP contribution in [0.1, 0.15) is 26.7 Å². The molecule has 2 unspecified atom stereocenters. The van der Waals surface area contributed by atoms with E-state index in [-0.39, 0.29) is 0 Å². The molecule has 1 aliphatic rings. The van der Waals surface area contributed by atoms with Crippen LogP contribution in [0.3, 0.4) is 0 Å². The molecule has 1 fully saturated rings. The molecule has 0 amide bonds. The van der Waals surface area contributed by atoms with Gasteiger partial charge in [0.1, 0.15) is 0 Å². The zero-order valence-electron chi connectivity index (χ0n) is 7.71. The highest BCUT2D eigenvalue weighted by molar-refractivity contribution is 7.80. The Hall–Kier alpha value is -0.150. The van der Waals surface area contributed by atoms with Gasteiger partial charge in [-0.25, -0.2) is 0 Å². The van der Waals surface area contributed by atoms with Gasteiger partial charge in [-0.1, -0.05) is 6.92 Å². The van der Waals surface area contributed by atoms with Crippen LogP contribution in [0.5, 0.6) is 0 Å². The lowest BCUT2D eigenvalue weighted by Gasteiger charge is -2.09. The zero-order valence-corrected chi connectivity index (χ0v) is 8.52. The molecule has 0 aromatic heterocycles. The van der Waals surface area contributed by atoms with Crippen LogP contribution in [0.2, 0.25) is 0 Å². The summed E-state index contributed by atoms with van der Waals surface area (Å²) >= 11 is 4.96. The first-order valence-electron chi connectivity index (χ1n) is 4.49. The molecule has 0 aromatic rings. The molecule has 0 radical (unpaired) electrons. The van der Waals surface area contributed by atoms with E-state index >= 15 is 0 Å². The molecule has 0 aliphatic carbocycles. The lowest BCUT2D eigenvalue weighted by molar-refractivity contribution is 0.114. The third-order valence-electron chi connectivity index (χ3n) is 2.05. The maximum atomic E-state index is 5.41. The van der Waals surface area contributed by atoms with E-state index in [0.29, 0.717) is 12.0 Å². The summed E-state index contributed by atoms with van der Waals surface area (Å²) in [6, 6.07) is 0. The Morgan fingerprint density at radius 3 is 2.92 bits per heavy atom. The smallest absolute Gasteiger partial charge is 0.159 e. The molecule has 0 saturated carbocycles. The van der Waals surface area contributed by atoms with Gasteiger partial charge in [-0.05, 0) is 25.6 Å². The number of hydrogen-bond donors (Lipinski definition) is 0. The summed E-state index contributed by atoms with van der Waals surface area (Å²) in [5.41, 5.74) is 0. The third kappa shape index (κ3) is 3.07. The topological polar surface area (TPSA) is 18.5 Å². The first-order valence-corrected chi connectivity index (χ1v) is 4.90. The minimum atomic E-state index is 0.397. The first kappa shape index (κ1) is 9.93. The van der Waals surface area contributed by atoms with Crippen molar-refractivity contribution < 1.29 is 9.47 Å². The molecule has 2 nitrogen and oxygen atoms in total. The summed E-state index contributed by atoms with van der Waals surface area (Å²) in [6.45, 7) is 5.67. The van der Waals surface area contributed by atoms with Gasteiger partial charge < -0.3 is 9.47 Å². The van der Waals surface area contributed by atoms with Crippen molar-refractivity contribution in [1.29, 1.82) is 0 Å². The van der Waals surface area contributed by atoms with E-state index in [2.05, 4.69) is 6.92 Å². The molecule has 0 N–H and O–H groups in total. The number of thiocarbonyl (C=S) groups is 1. The fourth-order valence-electron chi connectivity index (χ4n) is 1.33. The third-order valence-corrected chi connectivity index (χ3v) is 2.46. The van der Waals surface area contributed by atoms with Crippen molar-refractivity contribution >= 4 is 17.3 Å². The normalized spacial score (nSPS) is 28.8. The molecule has 0 bridgehead atoms. The molecule has 1 saturated heterocycles. The summed E-state index contributed by atoms with van der Waals surface area (Å²) in [5, 5.41) is 0.717. The van der Waals surface area contributed by atoms with Crippen molar-refractivity contribution in [2.45, 2.75) is 32.8 Å². The van der Waals surface area contributed by atoms with Crippen LogP contribution in [0.15, 0.2) is 0 Å². The summed E-state index contributed by atoms with van der Waals surface area (Å²) in [5.74, 6) is 0.546. The average molecular weight is 188 g/mol. The second-order valence-electron chi connectivity index (χ2n) is 3.28. The Morgan fingerprint density at radius 2 is 2.42 bits per heavy atom. The van der Waals surface area contributed by atoms with Crippen LogP contribution in [0.25, 0.3) is 0 Å². The van der Waals surface area contributed by atoms with Crippen molar-refractivity contribution in [2.75, 3.05) is 13.2 Å². The zero-order chi connectivity index (χ0) is 8.97. The standard InChI is InChI=1S/C9H16O2S/c1-3-9(12)11-6-8-4-7(2)10-5-8/h7-8H,3-6H2,1-2H3. The molecule has 70 valence electrons. The van der Waals surface area contributed by atoms with Crippen LogP contribution < -0.4 is 0 Å². The molecule has 1 aliphatic heterocycles. The number of hydrogen-bond acceptors (Lipinski definition) is 3. The average Bonchev–Trinajstić information content (AvgIpc) is 2.47. The van der Waals surface area contributed by atoms with Gasteiger partial charge in [-0.15, -0.1) is 0 Å². The Kier molecular flexibility index (Phi) is 3.95. The van der Waals surface area contributed by atoms with Crippen LogP contribution in [0, 0.1) is 5.92 Å². The van der Waals surface area contributed by atoms with Gasteiger partial charge in [-0.2, -0.15) is 0 Å². The lowest BCUT2D eigenvalue weighted by Crippen LogP contribution is -2.12. The van der Waals surface area contributed by atoms with Gasteiger partial charge in [0.15, 0.2) is 5.05 Å². The van der Waals surface area contributed by atoms with Gasteiger partial charge in [0.25, 0.3) is 0 Å². The van der Waals surface area contributed by atoms with Crippen molar-refractivity contribution in [3.63, 3.8) is 0 Å². The van der Waals surface area contributed by atoms with E-state index in [1.165, 1.54) is 0 Å². The minimum Gasteiger partial charge on any atom is -0.487 e. The predicted octanol–water partition coefficient (Wildman–Crippen LogP) is 2.17. The van der Waals surface area contributed by atoms with Gasteiger partial charge in [-0.3, -0.25) is 0 Å². The minimum absolute atomic E-state index is 0.397. The van der Waals surface area contributed by atoms with Crippen molar-refractivity contribution in [1.82, 2.24) is 0 Å². The van der Waals surface area contributed by atoms with E-state index in [1.807, 2.05) is 6.92 Å². The molecule has 1 heterocycles. The quantitative estimate of drug-likeness (QED) is 0.632. The summed E-state index contributed by atoms with van der Waals surface area (Å²) in [6.07, 6.45) is 2.33. The molecule has 0 aromatic carbocycles. The SMILES string of the molecule is CCC(=S)OCC1COC(C)C1. The molecule has 2 atom stereocenters. The van der Waals surface area contributed by atoms with Crippen molar-refractivity contribution in [2.24, 2.45) is 5.92 Å². The Balaban J connectivity index is 2.11. The van der Waals surface area contributed by atoms with Gasteiger partial charge in [0, 0.05) is 12.3 Å². The molecule has 1 rings (SSSR count). The summed E-state index contributed by atoms with van der Waals surface area (Å²) < 4.78 is 10.8. The van der Waals surface area contributed by atoms with Crippen molar-refractivity contribution in [3.05, 3.63) is 0 Å². The monoisotopic (exact) mass is 188 g/mol. The molecule has 3 heteroatoms. The second-order valence-corrected chi connectivity index (χ2v) is 3.74. The molecule has 0 spiro atoms. The maximum absolute atomic E-state index is 5.41. The van der Waals surface area contributed by atoms with Gasteiger partial charge >= 0.3 is 0 Å². The van der Waals surface area contributed by atoms with E-state index in [1.54, 1.807) is 0 Å². The number of ether oxygens (including phenoxy) is 2. The highest BCUT2D eigenvalue weighted by Crippen LogP contribution is 2.19. The highest BCUT2D eigenvalue weighted by Gasteiger charge is 2.22. The number of rotatable bonds is 3. The Labute approximate surface area is 79.2 Å². The molecule has 12 heavy (non-hydrogen) atoms. The summed E-state index contributed by atoms with van der Waals surface area (Å²) in [4.78, 5) is 0. The van der Waals surface area contributed by atoms with E-state index < -0.39 is 0 Å². The fraction of sp³-hybridized carbons (Fsp3) is 0.889. The van der Waals surface area contributed by atoms with Crippen LogP contribution in [-0.4, -0.2) is 24.4 Å². The van der Waals surface area contributed by atoms with Crippen LogP contribution in [-0.2, 0) is 9.47 Å². The van der Waals surface area contributed by atoms with Crippen LogP contribution in [0.4, 0.5) is 0 Å². The fourth-order valence-corrected chi connectivity index (χ4v) is 1.40. The highest BCUT2D eigenvalue weighted by atomic mass is 32.1. The molecular formula is C9H16O2S. The molecular weight excluding hydrogens is 172 g/mol. The summed E-state index contributed by atoms with van der Waals surface area (Å²) in [7, 11) is 0. The van der Waals surface area contributed by atoms with E-state index in [9.17, 15) is 0 Å². The van der Waals surface area contributed by atoms with Gasteiger partial charge in [0.2, 0.25) is 0 Å². The Morgan fingerprint density at radius 1 is 1.67 bits per heavy atom.